The fourth-order valence-corrected chi connectivity index (χ4v) is 13.6. The minimum atomic E-state index is -0.0122. The van der Waals surface area contributed by atoms with Crippen LogP contribution in [0.3, 0.4) is 0 Å². The van der Waals surface area contributed by atoms with Crippen LogP contribution < -0.4 is 0 Å². The van der Waals surface area contributed by atoms with Crippen molar-refractivity contribution in [2.75, 3.05) is 156 Å². The number of likely N-dealkylation sites (tertiary alicyclic amines) is 10. The molecule has 10 aliphatic heterocycles. The fourth-order valence-electron chi connectivity index (χ4n) is 13.6. The van der Waals surface area contributed by atoms with E-state index in [2.05, 4.69) is 78.3 Å². The lowest BCUT2D eigenvalue weighted by Gasteiger charge is -2.51. The molecule has 5 spiro atoms. The first kappa shape index (κ1) is 95.3. The van der Waals surface area contributed by atoms with E-state index < -0.39 is 0 Å². The van der Waals surface area contributed by atoms with Crippen LogP contribution in [0.2, 0.25) is 0 Å². The Hall–Kier alpha value is -2.78. The largest absolute Gasteiger partial charge is 0.373 e. The van der Waals surface area contributed by atoms with E-state index >= 15 is 0 Å². The molecule has 10 saturated heterocycles. The first-order valence-electron chi connectivity index (χ1n) is 36.1. The third-order valence-corrected chi connectivity index (χ3v) is 18.5. The predicted octanol–water partition coefficient (Wildman–Crippen LogP) is 15.4. The summed E-state index contributed by atoms with van der Waals surface area (Å²) in [5.74, 6) is 1.48. The number of rotatable bonds is 0. The molecule has 0 saturated carbocycles. The minimum Gasteiger partial charge on any atom is -0.373 e. The Balaban J connectivity index is -0.000000219. The molecule has 524 valence electrons. The molecular formula is C73H158N10O4. The van der Waals surface area contributed by atoms with Gasteiger partial charge in [-0.15, -0.1) is 0 Å². The van der Waals surface area contributed by atoms with Crippen molar-refractivity contribution in [3.63, 3.8) is 0 Å². The van der Waals surface area contributed by atoms with Gasteiger partial charge in [-0.2, -0.15) is 0 Å². The van der Waals surface area contributed by atoms with E-state index in [1.165, 1.54) is 70.2 Å². The summed E-state index contributed by atoms with van der Waals surface area (Å²) in [6, 6.07) is 0. The Morgan fingerprint density at radius 3 is 0.943 bits per heavy atom. The van der Waals surface area contributed by atoms with Crippen molar-refractivity contribution in [2.45, 2.75) is 273 Å². The van der Waals surface area contributed by atoms with Gasteiger partial charge in [0.25, 0.3) is 0 Å². The van der Waals surface area contributed by atoms with Gasteiger partial charge in [0.15, 0.2) is 0 Å². The summed E-state index contributed by atoms with van der Waals surface area (Å²) in [5, 5.41) is 0. The molecule has 0 bridgehead atoms. The molecule has 14 nitrogen and oxygen atoms in total. The van der Waals surface area contributed by atoms with Gasteiger partial charge in [0.05, 0.1) is 21.8 Å². The predicted molar refractivity (Wildman–Crippen MR) is 386 cm³/mol. The van der Waals surface area contributed by atoms with Crippen molar-refractivity contribution in [1.82, 2.24) is 49.0 Å². The Morgan fingerprint density at radius 2 is 0.598 bits per heavy atom. The maximum absolute atomic E-state index is 12.1. The van der Waals surface area contributed by atoms with Gasteiger partial charge in [-0.3, -0.25) is 19.2 Å². The van der Waals surface area contributed by atoms with Crippen molar-refractivity contribution in [3.05, 3.63) is 12.3 Å². The minimum absolute atomic E-state index is 0. The zero-order valence-electron chi connectivity index (χ0n) is 63.7. The smallest absolute Gasteiger partial charge is 0.229 e. The standard InChI is InChI=1S/C12H22N2.C11H20N2O.2C10H18N2O.C9H16N2O.10C2H6.CH4/c1-11-5-4-6-12(14(11)3)7-9-13(2)10-8-12;1-12-8-5-11(6-9-12)4-3-7-13(2)10(11)14;1-11-7-5-10(8-11)4-3-6-12(2)9(10)13;1-11-6-3-4-10(8-11)5-7-12(2)9(10)13;1-10-6-5-9(7-10)4-3-8(12)11(9)2;10*1-2;/h1,4-10H2,2-3H3;3-9H2,1-2H3;2*3-8H2,1-2H3;3-7H2,1-2H3;10*1-2H3;1H4. The van der Waals surface area contributed by atoms with Crippen LogP contribution in [0, 0.1) is 16.2 Å². The van der Waals surface area contributed by atoms with Crippen molar-refractivity contribution in [3.8, 4) is 0 Å². The van der Waals surface area contributed by atoms with Gasteiger partial charge in [0.1, 0.15) is 0 Å². The van der Waals surface area contributed by atoms with Gasteiger partial charge in [-0.05, 0) is 171 Å². The van der Waals surface area contributed by atoms with Gasteiger partial charge in [0, 0.05) is 112 Å². The maximum atomic E-state index is 12.1. The lowest BCUT2D eigenvalue weighted by molar-refractivity contribution is -0.148. The fraction of sp³-hybridized carbons (Fsp3) is 0.918. The SMILES string of the molecule is C.C=C1CCCC2(CCN(C)CC2)N1C.CC.CC.CC.CC.CC.CC.CC.CC.CC.CC.CN1CCC2(CCC(=O)N2C)C1.CN1CCC2(CCCN(C)C2=O)C1.CN1CCC2(CCCN(C)C2=O)CC1.CN1CCCC2(CCN(C)C2=O)C1. The second-order valence-corrected chi connectivity index (χ2v) is 23.3. The van der Waals surface area contributed by atoms with Crippen LogP contribution in [0.25, 0.3) is 0 Å². The zero-order valence-corrected chi connectivity index (χ0v) is 63.7. The molecule has 10 fully saturated rings. The highest BCUT2D eigenvalue weighted by atomic mass is 16.2. The molecule has 0 aliphatic carbocycles. The van der Waals surface area contributed by atoms with Crippen LogP contribution in [-0.4, -0.2) is 239 Å². The number of allylic oxidation sites excluding steroid dienone is 1. The summed E-state index contributed by atoms with van der Waals surface area (Å²) in [6.07, 6.45) is 20.6. The quantitative estimate of drug-likeness (QED) is 0.233. The normalized spacial score (nSPS) is 25.8. The monoisotopic (exact) mass is 1240 g/mol. The number of carbonyl (C=O) groups is 4. The molecule has 0 aromatic rings. The third-order valence-electron chi connectivity index (χ3n) is 18.5. The van der Waals surface area contributed by atoms with Crippen LogP contribution in [0.5, 0.6) is 0 Å². The Bertz CT molecular complexity index is 1690. The average Bonchev–Trinajstić information content (AvgIpc) is 2.16. The van der Waals surface area contributed by atoms with Crippen molar-refractivity contribution in [2.24, 2.45) is 16.2 Å². The van der Waals surface area contributed by atoms with Gasteiger partial charge < -0.3 is 49.0 Å². The molecular weight excluding hydrogens is 1080 g/mol. The number of carbonyl (C=O) groups excluding carboxylic acids is 4. The van der Waals surface area contributed by atoms with Crippen LogP contribution >= 0.6 is 0 Å². The first-order chi connectivity index (χ1) is 41.2. The molecule has 3 atom stereocenters. The zero-order chi connectivity index (χ0) is 68.1. The van der Waals surface area contributed by atoms with Gasteiger partial charge in [0.2, 0.25) is 23.6 Å². The second-order valence-electron chi connectivity index (χ2n) is 23.3. The number of likely N-dealkylation sites (N-methyl/N-ethyl adjacent to an activating group) is 2. The number of nitrogens with zero attached hydrogens (tertiary/aromatic N) is 10. The molecule has 3 unspecified atom stereocenters. The van der Waals surface area contributed by atoms with Crippen LogP contribution in [0.15, 0.2) is 12.3 Å². The van der Waals surface area contributed by atoms with E-state index in [9.17, 15) is 19.2 Å². The summed E-state index contributed by atoms with van der Waals surface area (Å²) in [4.78, 5) is 69.2. The second kappa shape index (κ2) is 52.8. The molecule has 10 rings (SSSR count). The van der Waals surface area contributed by atoms with Gasteiger partial charge >= 0.3 is 0 Å². The van der Waals surface area contributed by atoms with Crippen molar-refractivity contribution < 1.29 is 19.2 Å². The number of hydrogen-bond acceptors (Lipinski definition) is 10. The summed E-state index contributed by atoms with van der Waals surface area (Å²) in [5.41, 5.74) is 2.00. The van der Waals surface area contributed by atoms with E-state index in [4.69, 9.17) is 0 Å². The Morgan fingerprint density at radius 1 is 0.287 bits per heavy atom. The Labute approximate surface area is 546 Å². The van der Waals surface area contributed by atoms with Gasteiger partial charge in [-0.1, -0.05) is 152 Å². The highest BCUT2D eigenvalue weighted by Gasteiger charge is 2.49. The number of piperidine rings is 6. The molecule has 10 aliphatic rings. The lowest BCUT2D eigenvalue weighted by Crippen LogP contribution is -2.54. The van der Waals surface area contributed by atoms with Crippen molar-refractivity contribution in [1.29, 1.82) is 0 Å². The third kappa shape index (κ3) is 28.7. The molecule has 14 heteroatoms. The van der Waals surface area contributed by atoms with Crippen LogP contribution in [-0.2, 0) is 19.2 Å². The molecule has 4 amide bonds. The summed E-state index contributed by atoms with van der Waals surface area (Å²) in [6.45, 7) is 58.1. The molecule has 0 aromatic heterocycles. The topological polar surface area (TPSA) is 101 Å². The number of amides is 4. The highest BCUT2D eigenvalue weighted by molar-refractivity contribution is 5.85. The average molecular weight is 1240 g/mol. The Kier molecular flexibility index (Phi) is 57.9. The molecule has 0 aromatic carbocycles. The van der Waals surface area contributed by atoms with Gasteiger partial charge in [-0.25, -0.2) is 0 Å². The van der Waals surface area contributed by atoms with Crippen molar-refractivity contribution >= 4 is 23.6 Å². The molecule has 10 heterocycles. The molecule has 0 radical (unpaired) electrons. The van der Waals surface area contributed by atoms with E-state index in [0.717, 1.165) is 136 Å². The molecule has 0 N–H and O–H groups in total. The van der Waals surface area contributed by atoms with Crippen LogP contribution in [0.4, 0.5) is 0 Å². The lowest BCUT2D eigenvalue weighted by atomic mass is 9.72. The molecule has 87 heavy (non-hydrogen) atoms. The van der Waals surface area contributed by atoms with E-state index in [1.54, 1.807) is 0 Å². The summed E-state index contributed by atoms with van der Waals surface area (Å²) in [7, 11) is 20.7. The van der Waals surface area contributed by atoms with E-state index in [-0.39, 0.29) is 29.2 Å². The van der Waals surface area contributed by atoms with E-state index in [1.807, 2.05) is 186 Å². The summed E-state index contributed by atoms with van der Waals surface area (Å²) < 4.78 is 0. The van der Waals surface area contributed by atoms with E-state index in [0.29, 0.717) is 29.2 Å². The summed E-state index contributed by atoms with van der Waals surface area (Å²) >= 11 is 0. The number of hydrogen-bond donors (Lipinski definition) is 0. The van der Waals surface area contributed by atoms with Crippen LogP contribution in [0.1, 0.15) is 261 Å². The highest BCUT2D eigenvalue weighted by Crippen LogP contribution is 2.43. The maximum Gasteiger partial charge on any atom is 0.229 e. The first-order valence-corrected chi connectivity index (χ1v) is 36.1.